The van der Waals surface area contributed by atoms with Gasteiger partial charge in [0.25, 0.3) is 0 Å². The van der Waals surface area contributed by atoms with Gasteiger partial charge in [-0.15, -0.1) is 5.10 Å². The molecule has 1 atom stereocenters. The summed E-state index contributed by atoms with van der Waals surface area (Å²) in [4.78, 5) is 0. The second kappa shape index (κ2) is 7.41. The van der Waals surface area contributed by atoms with Crippen molar-refractivity contribution in [1.29, 1.82) is 5.26 Å². The summed E-state index contributed by atoms with van der Waals surface area (Å²) in [7, 11) is 0. The number of para-hydroxylation sites is 1. The Kier molecular flexibility index (Phi) is 4.80. The minimum atomic E-state index is -0.411. The third kappa shape index (κ3) is 3.23. The quantitative estimate of drug-likeness (QED) is 0.635. The minimum absolute atomic E-state index is 0.0632. The van der Waals surface area contributed by atoms with Gasteiger partial charge in [-0.25, -0.2) is 0 Å². The van der Waals surface area contributed by atoms with E-state index in [4.69, 9.17) is 15.2 Å². The van der Waals surface area contributed by atoms with E-state index in [-0.39, 0.29) is 5.88 Å². The molecule has 0 fully saturated rings. The number of rotatable bonds is 4. The molecular weight excluding hydrogens is 420 g/mol. The number of nitrogens with one attached hydrogen (secondary N) is 1. The number of nitrogens with two attached hydrogens (primary N) is 1. The third-order valence-corrected chi connectivity index (χ3v) is 5.14. The second-order valence-electron chi connectivity index (χ2n) is 6.45. The summed E-state index contributed by atoms with van der Waals surface area (Å²) >= 11 is 3.47. The van der Waals surface area contributed by atoms with E-state index in [1.54, 1.807) is 0 Å². The first-order valence-corrected chi connectivity index (χ1v) is 9.46. The average Bonchev–Trinajstić information content (AvgIpc) is 3.06. The van der Waals surface area contributed by atoms with Crippen molar-refractivity contribution in [2.75, 3.05) is 0 Å². The normalized spacial score (nSPS) is 15.5. The maximum Gasteiger partial charge on any atom is 0.244 e. The van der Waals surface area contributed by atoms with Crippen molar-refractivity contribution in [2.45, 2.75) is 19.4 Å². The molecule has 3 N–H and O–H groups in total. The van der Waals surface area contributed by atoms with Gasteiger partial charge in [-0.3, -0.25) is 5.10 Å². The van der Waals surface area contributed by atoms with Crippen LogP contribution in [0.3, 0.4) is 0 Å². The Morgan fingerprint density at radius 1 is 1.29 bits per heavy atom. The SMILES string of the molecule is Cc1[nH]nc2c1[C@@H](c1ccccc1OCc1cccc(Br)c1)C(C#N)=C(N)O2. The van der Waals surface area contributed by atoms with E-state index in [1.807, 2.05) is 55.5 Å². The highest BCUT2D eigenvalue weighted by molar-refractivity contribution is 9.10. The van der Waals surface area contributed by atoms with Crippen LogP contribution >= 0.6 is 15.9 Å². The van der Waals surface area contributed by atoms with E-state index in [0.717, 1.165) is 26.9 Å². The van der Waals surface area contributed by atoms with Gasteiger partial charge in [-0.2, -0.15) is 5.26 Å². The highest BCUT2D eigenvalue weighted by Gasteiger charge is 2.35. The van der Waals surface area contributed by atoms with Crippen LogP contribution in [-0.2, 0) is 6.61 Å². The average molecular weight is 437 g/mol. The van der Waals surface area contributed by atoms with Crippen LogP contribution in [0.4, 0.5) is 0 Å². The first-order chi connectivity index (χ1) is 13.6. The summed E-state index contributed by atoms with van der Waals surface area (Å²) in [6.07, 6.45) is 0. The van der Waals surface area contributed by atoms with Crippen LogP contribution in [0.1, 0.15) is 28.3 Å². The Morgan fingerprint density at radius 3 is 2.89 bits per heavy atom. The van der Waals surface area contributed by atoms with Crippen LogP contribution in [0.15, 0.2) is 64.5 Å². The molecule has 0 aliphatic carbocycles. The number of hydrogen-bond donors (Lipinski definition) is 2. The van der Waals surface area contributed by atoms with Gasteiger partial charge in [0.1, 0.15) is 24.0 Å². The fraction of sp³-hybridized carbons (Fsp3) is 0.143. The molecule has 2 heterocycles. The smallest absolute Gasteiger partial charge is 0.244 e. The Balaban J connectivity index is 1.75. The summed E-state index contributed by atoms with van der Waals surface area (Å²) in [5.41, 5.74) is 9.84. The van der Waals surface area contributed by atoms with Gasteiger partial charge in [-0.05, 0) is 30.7 Å². The Morgan fingerprint density at radius 2 is 2.11 bits per heavy atom. The van der Waals surface area contributed by atoms with Gasteiger partial charge in [0, 0.05) is 21.3 Å². The molecule has 2 aromatic carbocycles. The molecule has 1 aliphatic heterocycles. The highest BCUT2D eigenvalue weighted by atomic mass is 79.9. The summed E-state index contributed by atoms with van der Waals surface area (Å²) in [5, 5.41) is 16.8. The summed E-state index contributed by atoms with van der Waals surface area (Å²) in [5.74, 6) is 0.724. The molecule has 28 heavy (non-hydrogen) atoms. The summed E-state index contributed by atoms with van der Waals surface area (Å²) < 4.78 is 12.7. The van der Waals surface area contributed by atoms with E-state index in [9.17, 15) is 5.26 Å². The maximum absolute atomic E-state index is 9.73. The molecule has 0 unspecified atom stereocenters. The van der Waals surface area contributed by atoms with Crippen LogP contribution in [0.25, 0.3) is 0 Å². The Bertz CT molecular complexity index is 1110. The number of aromatic amines is 1. The molecule has 0 spiro atoms. The lowest BCUT2D eigenvalue weighted by molar-refractivity contribution is 0.301. The van der Waals surface area contributed by atoms with E-state index in [2.05, 4.69) is 32.2 Å². The van der Waals surface area contributed by atoms with Crippen LogP contribution in [0, 0.1) is 18.3 Å². The van der Waals surface area contributed by atoms with Gasteiger partial charge in [-0.1, -0.05) is 46.3 Å². The number of benzene rings is 2. The zero-order valence-electron chi connectivity index (χ0n) is 15.1. The molecule has 140 valence electrons. The predicted molar refractivity (Wildman–Crippen MR) is 108 cm³/mol. The second-order valence-corrected chi connectivity index (χ2v) is 7.36. The maximum atomic E-state index is 9.73. The zero-order chi connectivity index (χ0) is 19.7. The lowest BCUT2D eigenvalue weighted by Gasteiger charge is -2.25. The number of fused-ring (bicyclic) bond motifs is 1. The number of hydrogen-bond acceptors (Lipinski definition) is 5. The van der Waals surface area contributed by atoms with Crippen molar-refractivity contribution >= 4 is 15.9 Å². The lowest BCUT2D eigenvalue weighted by atomic mass is 9.83. The molecule has 7 heteroatoms. The zero-order valence-corrected chi connectivity index (χ0v) is 16.7. The van der Waals surface area contributed by atoms with Crippen molar-refractivity contribution in [1.82, 2.24) is 10.2 Å². The summed E-state index contributed by atoms with van der Waals surface area (Å²) in [6.45, 7) is 2.29. The van der Waals surface area contributed by atoms with Crippen molar-refractivity contribution in [3.05, 3.63) is 86.8 Å². The number of allylic oxidation sites excluding steroid dienone is 1. The van der Waals surface area contributed by atoms with Crippen LogP contribution in [0.2, 0.25) is 0 Å². The first-order valence-electron chi connectivity index (χ1n) is 8.67. The fourth-order valence-electron chi connectivity index (χ4n) is 3.35. The highest BCUT2D eigenvalue weighted by Crippen LogP contribution is 2.45. The van der Waals surface area contributed by atoms with E-state index in [0.29, 0.717) is 23.8 Å². The molecular formula is C21H17BrN4O2. The Hall–Kier alpha value is -3.24. The molecule has 4 rings (SSSR count). The number of aromatic nitrogens is 2. The first kappa shape index (κ1) is 18.1. The van der Waals surface area contributed by atoms with Crippen molar-refractivity contribution < 1.29 is 9.47 Å². The van der Waals surface area contributed by atoms with Crippen LogP contribution < -0.4 is 15.2 Å². The molecule has 0 radical (unpaired) electrons. The minimum Gasteiger partial charge on any atom is -0.489 e. The monoisotopic (exact) mass is 436 g/mol. The number of ether oxygens (including phenoxy) is 2. The number of nitrogens with zero attached hydrogens (tertiary/aromatic N) is 2. The molecule has 0 saturated carbocycles. The molecule has 3 aromatic rings. The topological polar surface area (TPSA) is 97.0 Å². The van der Waals surface area contributed by atoms with Gasteiger partial charge >= 0.3 is 0 Å². The fourth-order valence-corrected chi connectivity index (χ4v) is 3.79. The van der Waals surface area contributed by atoms with E-state index < -0.39 is 5.92 Å². The van der Waals surface area contributed by atoms with Gasteiger partial charge in [0.2, 0.25) is 11.8 Å². The summed E-state index contributed by atoms with van der Waals surface area (Å²) in [6, 6.07) is 17.8. The van der Waals surface area contributed by atoms with Crippen LogP contribution in [0.5, 0.6) is 11.6 Å². The lowest BCUT2D eigenvalue weighted by Crippen LogP contribution is -2.21. The molecule has 0 amide bonds. The number of halogens is 1. The standard InChI is InChI=1S/C21H17BrN4O2/c1-12-18-19(16(10-23)20(24)28-21(18)26-25-12)15-7-2-3-8-17(15)27-11-13-5-4-6-14(22)9-13/h2-9,19H,11,24H2,1H3,(H,25,26)/t19-/m0/s1. The molecule has 1 aliphatic rings. The van der Waals surface area contributed by atoms with E-state index in [1.165, 1.54) is 0 Å². The van der Waals surface area contributed by atoms with Crippen LogP contribution in [-0.4, -0.2) is 10.2 Å². The van der Waals surface area contributed by atoms with Crippen molar-refractivity contribution in [3.63, 3.8) is 0 Å². The Labute approximate surface area is 170 Å². The molecule has 0 bridgehead atoms. The van der Waals surface area contributed by atoms with Gasteiger partial charge < -0.3 is 15.2 Å². The van der Waals surface area contributed by atoms with Crippen molar-refractivity contribution in [3.8, 4) is 17.7 Å². The third-order valence-electron chi connectivity index (χ3n) is 4.64. The predicted octanol–water partition coefficient (Wildman–Crippen LogP) is 4.28. The van der Waals surface area contributed by atoms with E-state index >= 15 is 0 Å². The largest absolute Gasteiger partial charge is 0.489 e. The molecule has 1 aromatic heterocycles. The van der Waals surface area contributed by atoms with Gasteiger partial charge in [0.05, 0.1) is 5.92 Å². The molecule has 0 saturated heterocycles. The number of aryl methyl sites for hydroxylation is 1. The number of H-pyrrole nitrogens is 1. The molecule has 6 nitrogen and oxygen atoms in total. The van der Waals surface area contributed by atoms with Crippen molar-refractivity contribution in [2.24, 2.45) is 5.73 Å². The number of nitriles is 1. The van der Waals surface area contributed by atoms with Gasteiger partial charge in [0.15, 0.2) is 0 Å².